The van der Waals surface area contributed by atoms with Gasteiger partial charge in [0.2, 0.25) is 0 Å². The van der Waals surface area contributed by atoms with Crippen LogP contribution in [-0.2, 0) is 0 Å². The fourth-order valence-corrected chi connectivity index (χ4v) is 3.09. The fraction of sp³-hybridized carbons (Fsp3) is 0. The van der Waals surface area contributed by atoms with Crippen molar-refractivity contribution in [1.29, 1.82) is 0 Å². The van der Waals surface area contributed by atoms with Gasteiger partial charge in [0.25, 0.3) is 0 Å². The quantitative estimate of drug-likeness (QED) is 0.577. The van der Waals surface area contributed by atoms with Crippen LogP contribution in [0.25, 0.3) is 32.7 Å². The summed E-state index contributed by atoms with van der Waals surface area (Å²) in [7, 11) is 0. The number of hydrogen-bond acceptors (Lipinski definition) is 4. The fourth-order valence-electron chi connectivity index (χ4n) is 2.37. The summed E-state index contributed by atoms with van der Waals surface area (Å²) >= 11 is 1.56. The molecule has 0 unspecified atom stereocenters. The van der Waals surface area contributed by atoms with E-state index in [0.717, 1.165) is 21.5 Å². The molecule has 0 atom stereocenters. The Morgan fingerprint density at radius 1 is 0.905 bits per heavy atom. The number of anilines is 1. The molecule has 0 fully saturated rings. The predicted molar refractivity (Wildman–Crippen MR) is 87.2 cm³/mol. The Bertz CT molecular complexity index is 906. The molecule has 0 aliphatic carbocycles. The van der Waals surface area contributed by atoms with Gasteiger partial charge in [-0.2, -0.15) is 0 Å². The van der Waals surface area contributed by atoms with Gasteiger partial charge in [-0.15, -0.1) is 11.3 Å². The van der Waals surface area contributed by atoms with Crippen LogP contribution in [0.1, 0.15) is 0 Å². The number of rotatable bonds is 2. The summed E-state index contributed by atoms with van der Waals surface area (Å²) in [6.45, 7) is 0. The Hall–Kier alpha value is -2.59. The van der Waals surface area contributed by atoms with E-state index >= 15 is 0 Å². The van der Waals surface area contributed by atoms with Crippen molar-refractivity contribution in [2.75, 3.05) is 5.73 Å². The second-order valence-corrected chi connectivity index (χ2v) is 5.69. The van der Waals surface area contributed by atoms with Crippen molar-refractivity contribution < 1.29 is 4.42 Å². The van der Waals surface area contributed by atoms with Crippen LogP contribution in [-0.4, -0.2) is 4.98 Å². The molecule has 0 saturated carbocycles. The van der Waals surface area contributed by atoms with E-state index in [0.29, 0.717) is 5.82 Å². The molecular formula is C17H12N2OS. The number of nitrogens with two attached hydrogens (primary N) is 1. The minimum absolute atomic E-state index is 0.574. The maximum atomic E-state index is 5.67. The number of benzene rings is 2. The average molecular weight is 292 g/mol. The maximum Gasteiger partial charge on any atom is 0.135 e. The number of hydrogen-bond donors (Lipinski definition) is 1. The summed E-state index contributed by atoms with van der Waals surface area (Å²) in [5.41, 5.74) is 10.0. The normalized spacial score (nSPS) is 11.0. The van der Waals surface area contributed by atoms with Crippen molar-refractivity contribution in [3.63, 3.8) is 0 Å². The Labute approximate surface area is 125 Å². The van der Waals surface area contributed by atoms with E-state index in [1.807, 2.05) is 17.5 Å². The zero-order valence-electron chi connectivity index (χ0n) is 11.1. The van der Waals surface area contributed by atoms with Crippen molar-refractivity contribution in [1.82, 2.24) is 4.98 Å². The second kappa shape index (κ2) is 4.75. The zero-order chi connectivity index (χ0) is 14.2. The minimum atomic E-state index is 0.574. The number of thiazole rings is 1. The maximum absolute atomic E-state index is 5.67. The Morgan fingerprint density at radius 2 is 1.67 bits per heavy atom. The monoisotopic (exact) mass is 292 g/mol. The number of furan rings is 1. The standard InChI is InChI=1S/C17H12N2OS/c18-16-10-21-17(19-16)12-3-1-11(2-4-12)13-5-6-15-14(9-13)7-8-20-15/h1-10H,18H2. The van der Waals surface area contributed by atoms with E-state index < -0.39 is 0 Å². The molecule has 0 bridgehead atoms. The molecule has 4 aromatic rings. The molecule has 0 spiro atoms. The Morgan fingerprint density at radius 3 is 2.43 bits per heavy atom. The molecule has 21 heavy (non-hydrogen) atoms. The van der Waals surface area contributed by atoms with Crippen LogP contribution in [0.3, 0.4) is 0 Å². The van der Waals surface area contributed by atoms with Crippen LogP contribution < -0.4 is 5.73 Å². The van der Waals surface area contributed by atoms with Crippen LogP contribution in [0.5, 0.6) is 0 Å². The highest BCUT2D eigenvalue weighted by atomic mass is 32.1. The summed E-state index contributed by atoms with van der Waals surface area (Å²) in [5.74, 6) is 0.574. The van der Waals surface area contributed by atoms with Gasteiger partial charge in [0.15, 0.2) is 0 Å². The first kappa shape index (κ1) is 12.2. The van der Waals surface area contributed by atoms with Gasteiger partial charge in [0, 0.05) is 16.3 Å². The first-order valence-electron chi connectivity index (χ1n) is 6.59. The van der Waals surface area contributed by atoms with Gasteiger partial charge in [0.1, 0.15) is 16.4 Å². The summed E-state index contributed by atoms with van der Waals surface area (Å²) in [6, 6.07) is 16.5. The minimum Gasteiger partial charge on any atom is -0.464 e. The third-order valence-corrected chi connectivity index (χ3v) is 4.35. The van der Waals surface area contributed by atoms with Crippen LogP contribution in [0.2, 0.25) is 0 Å². The second-order valence-electron chi connectivity index (χ2n) is 4.83. The molecule has 3 nitrogen and oxygen atoms in total. The summed E-state index contributed by atoms with van der Waals surface area (Å²) in [5, 5.41) is 3.92. The highest BCUT2D eigenvalue weighted by molar-refractivity contribution is 7.13. The van der Waals surface area contributed by atoms with Crippen LogP contribution in [0.15, 0.2) is 64.6 Å². The molecule has 4 heteroatoms. The molecule has 0 saturated heterocycles. The SMILES string of the molecule is Nc1csc(-c2ccc(-c3ccc4occc4c3)cc2)n1. The molecule has 2 heterocycles. The highest BCUT2D eigenvalue weighted by Gasteiger charge is 2.05. The van der Waals surface area contributed by atoms with E-state index in [9.17, 15) is 0 Å². The first-order chi connectivity index (χ1) is 10.3. The molecule has 0 radical (unpaired) electrons. The van der Waals surface area contributed by atoms with Gasteiger partial charge >= 0.3 is 0 Å². The number of aromatic nitrogens is 1. The number of nitrogen functional groups attached to an aromatic ring is 1. The van der Waals surface area contributed by atoms with E-state index in [-0.39, 0.29) is 0 Å². The van der Waals surface area contributed by atoms with Gasteiger partial charge < -0.3 is 10.2 Å². The van der Waals surface area contributed by atoms with Crippen molar-refractivity contribution in [2.24, 2.45) is 0 Å². The number of fused-ring (bicyclic) bond motifs is 1. The highest BCUT2D eigenvalue weighted by Crippen LogP contribution is 2.29. The lowest BCUT2D eigenvalue weighted by Crippen LogP contribution is -1.84. The molecule has 102 valence electrons. The van der Waals surface area contributed by atoms with Crippen LogP contribution >= 0.6 is 11.3 Å². The topological polar surface area (TPSA) is 52.0 Å². The van der Waals surface area contributed by atoms with E-state index in [1.165, 1.54) is 11.1 Å². The largest absolute Gasteiger partial charge is 0.464 e. The van der Waals surface area contributed by atoms with Gasteiger partial charge in [-0.1, -0.05) is 30.3 Å². The summed E-state index contributed by atoms with van der Waals surface area (Å²) in [4.78, 5) is 4.30. The molecule has 0 aliphatic heterocycles. The van der Waals surface area contributed by atoms with Gasteiger partial charge in [-0.25, -0.2) is 4.98 Å². The first-order valence-corrected chi connectivity index (χ1v) is 7.47. The van der Waals surface area contributed by atoms with Gasteiger partial charge in [-0.3, -0.25) is 0 Å². The van der Waals surface area contributed by atoms with Gasteiger partial charge in [-0.05, 0) is 29.3 Å². The third kappa shape index (κ3) is 2.19. The molecule has 2 aromatic carbocycles. The lowest BCUT2D eigenvalue weighted by atomic mass is 10.0. The van der Waals surface area contributed by atoms with Crippen molar-refractivity contribution in [2.45, 2.75) is 0 Å². The third-order valence-electron chi connectivity index (χ3n) is 3.44. The Balaban J connectivity index is 1.72. The molecule has 0 aliphatic rings. The summed E-state index contributed by atoms with van der Waals surface area (Å²) in [6.07, 6.45) is 1.71. The molecular weight excluding hydrogens is 280 g/mol. The molecule has 2 aromatic heterocycles. The Kier molecular flexibility index (Phi) is 2.75. The van der Waals surface area contributed by atoms with Crippen LogP contribution in [0, 0.1) is 0 Å². The van der Waals surface area contributed by atoms with E-state index in [1.54, 1.807) is 17.6 Å². The van der Waals surface area contributed by atoms with Crippen molar-refractivity contribution >= 4 is 28.1 Å². The number of nitrogens with zero attached hydrogens (tertiary/aromatic N) is 1. The molecule has 2 N–H and O–H groups in total. The zero-order valence-corrected chi connectivity index (χ0v) is 11.9. The van der Waals surface area contributed by atoms with Gasteiger partial charge in [0.05, 0.1) is 6.26 Å². The molecule has 0 amide bonds. The van der Waals surface area contributed by atoms with E-state index in [2.05, 4.69) is 41.4 Å². The molecule has 4 rings (SSSR count). The lowest BCUT2D eigenvalue weighted by molar-refractivity contribution is 0.616. The lowest BCUT2D eigenvalue weighted by Gasteiger charge is -2.03. The van der Waals surface area contributed by atoms with Crippen molar-refractivity contribution in [3.05, 3.63) is 60.2 Å². The van der Waals surface area contributed by atoms with E-state index in [4.69, 9.17) is 10.2 Å². The average Bonchev–Trinajstić information content (AvgIpc) is 3.15. The predicted octanol–water partition coefficient (Wildman–Crippen LogP) is 4.81. The van der Waals surface area contributed by atoms with Crippen molar-refractivity contribution in [3.8, 4) is 21.7 Å². The summed E-state index contributed by atoms with van der Waals surface area (Å²) < 4.78 is 5.37. The van der Waals surface area contributed by atoms with Crippen LogP contribution in [0.4, 0.5) is 5.82 Å². The smallest absolute Gasteiger partial charge is 0.135 e.